The third-order valence-corrected chi connectivity index (χ3v) is 4.70. The van der Waals surface area contributed by atoms with Crippen molar-refractivity contribution >= 4 is 21.6 Å². The van der Waals surface area contributed by atoms with Crippen LogP contribution in [0.5, 0.6) is 0 Å². The third-order valence-electron chi connectivity index (χ3n) is 2.90. The van der Waals surface area contributed by atoms with Crippen molar-refractivity contribution in [3.63, 3.8) is 0 Å². The fourth-order valence-corrected chi connectivity index (χ4v) is 3.04. The second-order valence-electron chi connectivity index (χ2n) is 4.31. The van der Waals surface area contributed by atoms with Gasteiger partial charge in [-0.15, -0.1) is 0 Å². The van der Waals surface area contributed by atoms with Crippen LogP contribution in [0.1, 0.15) is 0 Å². The van der Waals surface area contributed by atoms with Crippen LogP contribution in [0, 0.1) is 0 Å². The van der Waals surface area contributed by atoms with E-state index >= 15 is 0 Å². The second kappa shape index (κ2) is 5.39. The molecule has 3 aromatic rings. The van der Waals surface area contributed by atoms with Gasteiger partial charge in [-0.1, -0.05) is 33.9 Å². The quantitative estimate of drug-likeness (QED) is 0.720. The lowest BCUT2D eigenvalue weighted by Crippen LogP contribution is -2.30. The molecular weight excluding hydrogens is 328 g/mol. The normalized spacial score (nSPS) is 11.5. The fourth-order valence-electron chi connectivity index (χ4n) is 1.82. The molecule has 0 amide bonds. The molecule has 7 nitrogen and oxygen atoms in total. The summed E-state index contributed by atoms with van der Waals surface area (Å²) in [6.45, 7) is 0. The Bertz CT molecular complexity index is 963. The van der Waals surface area contributed by atoms with Crippen molar-refractivity contribution in [1.82, 2.24) is 19.2 Å². The second-order valence-corrected chi connectivity index (χ2v) is 6.51. The lowest BCUT2D eigenvalue weighted by Gasteiger charge is -2.01. The van der Waals surface area contributed by atoms with Crippen LogP contribution < -0.4 is 5.69 Å². The molecule has 0 unspecified atom stereocenters. The van der Waals surface area contributed by atoms with E-state index in [0.717, 1.165) is 4.68 Å². The van der Waals surface area contributed by atoms with E-state index in [1.807, 2.05) is 0 Å². The van der Waals surface area contributed by atoms with E-state index < -0.39 is 15.7 Å². The number of aromatic nitrogens is 4. The minimum absolute atomic E-state index is 0.0980. The van der Waals surface area contributed by atoms with Crippen LogP contribution in [-0.2, 0) is 10.0 Å². The molecular formula is C13H9ClN4O3S. The zero-order valence-corrected chi connectivity index (χ0v) is 12.6. The Labute approximate surface area is 130 Å². The number of rotatable bonds is 3. The molecule has 0 bridgehead atoms. The van der Waals surface area contributed by atoms with Crippen molar-refractivity contribution in [1.29, 1.82) is 0 Å². The van der Waals surface area contributed by atoms with Crippen LogP contribution in [0.25, 0.3) is 5.69 Å². The first-order valence-electron chi connectivity index (χ1n) is 6.12. The summed E-state index contributed by atoms with van der Waals surface area (Å²) in [5.41, 5.74) is -0.453. The van der Waals surface area contributed by atoms with Gasteiger partial charge in [0.05, 0.1) is 10.6 Å². The maximum Gasteiger partial charge on any atom is 0.383 e. The summed E-state index contributed by atoms with van der Waals surface area (Å²) in [6, 6.07) is 13.8. The molecule has 0 aliphatic carbocycles. The predicted molar refractivity (Wildman–Crippen MR) is 79.7 cm³/mol. The minimum Gasteiger partial charge on any atom is -0.243 e. The first kappa shape index (κ1) is 14.5. The summed E-state index contributed by atoms with van der Waals surface area (Å²) in [5.74, 6) is 0. The number of hydrogen-bond donors (Lipinski definition) is 0. The van der Waals surface area contributed by atoms with Crippen molar-refractivity contribution in [2.24, 2.45) is 0 Å². The van der Waals surface area contributed by atoms with E-state index in [9.17, 15) is 13.2 Å². The number of nitrogens with zero attached hydrogens (tertiary/aromatic N) is 4. The van der Waals surface area contributed by atoms with Crippen LogP contribution in [0.2, 0.25) is 5.02 Å². The Hall–Kier alpha value is -2.45. The Morgan fingerprint density at radius 3 is 2.18 bits per heavy atom. The topological polar surface area (TPSA) is 86.8 Å². The highest BCUT2D eigenvalue weighted by atomic mass is 35.5. The van der Waals surface area contributed by atoms with Gasteiger partial charge in [-0.05, 0) is 46.8 Å². The van der Waals surface area contributed by atoms with Gasteiger partial charge in [0.2, 0.25) is 0 Å². The number of para-hydroxylation sites is 1. The molecule has 0 fully saturated rings. The monoisotopic (exact) mass is 336 g/mol. The largest absolute Gasteiger partial charge is 0.383 e. The molecule has 0 aliphatic rings. The molecule has 3 rings (SSSR count). The molecule has 0 atom stereocenters. The van der Waals surface area contributed by atoms with Crippen LogP contribution in [0.15, 0.2) is 64.3 Å². The maximum absolute atomic E-state index is 12.4. The van der Waals surface area contributed by atoms with Crippen molar-refractivity contribution in [2.45, 2.75) is 4.90 Å². The van der Waals surface area contributed by atoms with Crippen LogP contribution in [0.4, 0.5) is 0 Å². The Morgan fingerprint density at radius 2 is 1.55 bits per heavy atom. The highest BCUT2D eigenvalue weighted by Gasteiger charge is 2.23. The first-order valence-corrected chi connectivity index (χ1v) is 7.93. The molecule has 1 heterocycles. The van der Waals surface area contributed by atoms with Crippen LogP contribution in [0.3, 0.4) is 0 Å². The summed E-state index contributed by atoms with van der Waals surface area (Å²) in [5, 5.41) is 7.45. The van der Waals surface area contributed by atoms with E-state index in [1.54, 1.807) is 30.3 Å². The van der Waals surface area contributed by atoms with Crippen molar-refractivity contribution in [2.75, 3.05) is 0 Å². The first-order chi connectivity index (χ1) is 10.5. The Morgan fingerprint density at radius 1 is 0.909 bits per heavy atom. The molecule has 0 saturated heterocycles. The standard InChI is InChI=1S/C13H9ClN4O3S/c14-10-6-8-12(9-7-10)22(20,21)18-13(19)17(15-16-18)11-4-2-1-3-5-11/h1-9H. The van der Waals surface area contributed by atoms with Crippen LogP contribution in [-0.4, -0.2) is 27.6 Å². The number of benzene rings is 2. The average Bonchev–Trinajstić information content (AvgIpc) is 2.91. The predicted octanol–water partition coefficient (Wildman–Crippen LogP) is 1.32. The number of halogens is 1. The van der Waals surface area contributed by atoms with Gasteiger partial charge in [0.25, 0.3) is 10.0 Å². The zero-order chi connectivity index (χ0) is 15.7. The lowest BCUT2D eigenvalue weighted by molar-refractivity contribution is 0.575. The summed E-state index contributed by atoms with van der Waals surface area (Å²) < 4.78 is 26.1. The van der Waals surface area contributed by atoms with E-state index in [4.69, 9.17) is 11.6 Å². The highest BCUT2D eigenvalue weighted by Crippen LogP contribution is 2.15. The van der Waals surface area contributed by atoms with Crippen molar-refractivity contribution in [3.05, 3.63) is 70.1 Å². The molecule has 0 saturated carbocycles. The van der Waals surface area contributed by atoms with Gasteiger partial charge in [-0.3, -0.25) is 0 Å². The Kier molecular flexibility index (Phi) is 3.55. The van der Waals surface area contributed by atoms with Gasteiger partial charge in [0.1, 0.15) is 0 Å². The van der Waals surface area contributed by atoms with E-state index in [0.29, 0.717) is 14.8 Å². The van der Waals surface area contributed by atoms with Gasteiger partial charge in [-0.2, -0.15) is 13.1 Å². The lowest BCUT2D eigenvalue weighted by atomic mass is 10.3. The highest BCUT2D eigenvalue weighted by molar-refractivity contribution is 7.89. The van der Waals surface area contributed by atoms with E-state index in [2.05, 4.69) is 10.4 Å². The maximum atomic E-state index is 12.4. The van der Waals surface area contributed by atoms with E-state index in [-0.39, 0.29) is 4.90 Å². The molecule has 2 aromatic carbocycles. The van der Waals surface area contributed by atoms with Crippen molar-refractivity contribution in [3.8, 4) is 5.69 Å². The minimum atomic E-state index is -4.12. The van der Waals surface area contributed by atoms with Gasteiger partial charge in [0.15, 0.2) is 0 Å². The van der Waals surface area contributed by atoms with E-state index in [1.165, 1.54) is 24.3 Å². The molecule has 22 heavy (non-hydrogen) atoms. The molecule has 0 N–H and O–H groups in total. The van der Waals surface area contributed by atoms with Gasteiger partial charge >= 0.3 is 5.69 Å². The number of tetrazole rings is 1. The molecule has 1 aromatic heterocycles. The summed E-state index contributed by atoms with van der Waals surface area (Å²) in [4.78, 5) is 12.2. The van der Waals surface area contributed by atoms with Gasteiger partial charge in [-0.25, -0.2) is 4.79 Å². The summed E-state index contributed by atoms with van der Waals surface area (Å²) in [6.07, 6.45) is 0. The molecule has 0 aliphatic heterocycles. The molecule has 0 spiro atoms. The molecule has 9 heteroatoms. The average molecular weight is 337 g/mol. The third kappa shape index (κ3) is 2.42. The van der Waals surface area contributed by atoms with Crippen molar-refractivity contribution < 1.29 is 8.42 Å². The smallest absolute Gasteiger partial charge is 0.243 e. The van der Waals surface area contributed by atoms with Gasteiger partial charge < -0.3 is 0 Å². The Balaban J connectivity index is 2.12. The number of hydrogen-bond acceptors (Lipinski definition) is 5. The van der Waals surface area contributed by atoms with Crippen LogP contribution >= 0.6 is 11.6 Å². The molecule has 0 radical (unpaired) electrons. The summed E-state index contributed by atoms with van der Waals surface area (Å²) >= 11 is 5.73. The summed E-state index contributed by atoms with van der Waals surface area (Å²) in [7, 11) is -4.12. The SMILES string of the molecule is O=c1n(-c2ccccc2)nnn1S(=O)(=O)c1ccc(Cl)cc1. The molecule has 112 valence electrons. The fraction of sp³-hybridized carbons (Fsp3) is 0. The van der Waals surface area contributed by atoms with Gasteiger partial charge in [0, 0.05) is 5.02 Å². The zero-order valence-electron chi connectivity index (χ0n) is 11.0.